The van der Waals surface area contributed by atoms with E-state index in [1.807, 2.05) is 6.92 Å². The van der Waals surface area contributed by atoms with Crippen molar-refractivity contribution in [1.82, 2.24) is 10.6 Å². The predicted octanol–water partition coefficient (Wildman–Crippen LogP) is 2.88. The molecule has 2 atom stereocenters. The first kappa shape index (κ1) is 22.0. The van der Waals surface area contributed by atoms with Crippen LogP contribution in [0.3, 0.4) is 0 Å². The quantitative estimate of drug-likeness (QED) is 0.332. The van der Waals surface area contributed by atoms with Gasteiger partial charge in [-0.1, -0.05) is 18.6 Å². The molecule has 25 heavy (non-hydrogen) atoms. The summed E-state index contributed by atoms with van der Waals surface area (Å²) in [5, 5.41) is 16.6. The Balaban J connectivity index is 0.00000312. The van der Waals surface area contributed by atoms with Gasteiger partial charge in [0, 0.05) is 25.6 Å². The second-order valence-corrected chi connectivity index (χ2v) is 6.46. The first-order chi connectivity index (χ1) is 11.6. The average molecular weight is 461 g/mol. The van der Waals surface area contributed by atoms with Crippen LogP contribution in [-0.4, -0.2) is 43.9 Å². The fourth-order valence-corrected chi connectivity index (χ4v) is 3.13. The highest BCUT2D eigenvalue weighted by molar-refractivity contribution is 14.0. The smallest absolute Gasteiger partial charge is 0.191 e. The highest BCUT2D eigenvalue weighted by Crippen LogP contribution is 2.25. The molecule has 6 heteroatoms. The monoisotopic (exact) mass is 461 g/mol. The van der Waals surface area contributed by atoms with Crippen LogP contribution in [0.25, 0.3) is 0 Å². The summed E-state index contributed by atoms with van der Waals surface area (Å²) in [4.78, 5) is 4.63. The maximum Gasteiger partial charge on any atom is 0.191 e. The van der Waals surface area contributed by atoms with Crippen molar-refractivity contribution < 1.29 is 9.84 Å². The van der Waals surface area contributed by atoms with Gasteiger partial charge >= 0.3 is 0 Å². The molecule has 0 bridgehead atoms. The van der Waals surface area contributed by atoms with Crippen molar-refractivity contribution in [3.63, 3.8) is 0 Å². The molecule has 5 nitrogen and oxygen atoms in total. The summed E-state index contributed by atoms with van der Waals surface area (Å²) in [7, 11) is 1.71. The normalized spacial score (nSPS) is 20.1. The first-order valence-electron chi connectivity index (χ1n) is 8.97. The Labute approximate surface area is 168 Å². The number of methoxy groups -OCH3 is 1. The zero-order chi connectivity index (χ0) is 17.4. The summed E-state index contributed by atoms with van der Waals surface area (Å²) < 4.78 is 5.38. The SMILES string of the molecule is CCNC(=NCC1CCCC1O)NCCc1ccc(C)c(OC)c1.I. The number of aryl methyl sites for hydroxylation is 1. The molecular weight excluding hydrogens is 429 g/mol. The molecule has 1 aliphatic carbocycles. The molecule has 0 aliphatic heterocycles. The molecule has 1 aromatic carbocycles. The van der Waals surface area contributed by atoms with E-state index in [-0.39, 0.29) is 30.1 Å². The summed E-state index contributed by atoms with van der Waals surface area (Å²) >= 11 is 0. The van der Waals surface area contributed by atoms with Gasteiger partial charge in [-0.3, -0.25) is 4.99 Å². The van der Waals surface area contributed by atoms with Crippen molar-refractivity contribution in [1.29, 1.82) is 0 Å². The molecule has 0 saturated heterocycles. The lowest BCUT2D eigenvalue weighted by Gasteiger charge is -2.15. The van der Waals surface area contributed by atoms with Gasteiger partial charge in [-0.15, -0.1) is 24.0 Å². The maximum absolute atomic E-state index is 9.91. The molecule has 1 aliphatic rings. The van der Waals surface area contributed by atoms with Crippen LogP contribution < -0.4 is 15.4 Å². The van der Waals surface area contributed by atoms with E-state index in [0.717, 1.165) is 56.0 Å². The number of benzene rings is 1. The van der Waals surface area contributed by atoms with Gasteiger partial charge in [0.1, 0.15) is 5.75 Å². The first-order valence-corrected chi connectivity index (χ1v) is 8.97. The van der Waals surface area contributed by atoms with Crippen molar-refractivity contribution >= 4 is 29.9 Å². The van der Waals surface area contributed by atoms with E-state index in [2.05, 4.69) is 40.7 Å². The van der Waals surface area contributed by atoms with Gasteiger partial charge in [-0.05, 0) is 50.3 Å². The summed E-state index contributed by atoms with van der Waals surface area (Å²) in [6.07, 6.45) is 3.83. The average Bonchev–Trinajstić information content (AvgIpc) is 2.99. The van der Waals surface area contributed by atoms with Crippen LogP contribution in [0.5, 0.6) is 5.75 Å². The fraction of sp³-hybridized carbons (Fsp3) is 0.632. The zero-order valence-electron chi connectivity index (χ0n) is 15.5. The predicted molar refractivity (Wildman–Crippen MR) is 114 cm³/mol. The number of hydrogen-bond acceptors (Lipinski definition) is 3. The number of guanidine groups is 1. The van der Waals surface area contributed by atoms with Crippen LogP contribution in [0, 0.1) is 12.8 Å². The number of aliphatic hydroxyl groups excluding tert-OH is 1. The second-order valence-electron chi connectivity index (χ2n) is 6.46. The lowest BCUT2D eigenvalue weighted by atomic mass is 10.1. The number of nitrogens with zero attached hydrogens (tertiary/aromatic N) is 1. The lowest BCUT2D eigenvalue weighted by Crippen LogP contribution is -2.39. The van der Waals surface area contributed by atoms with Crippen LogP contribution in [0.15, 0.2) is 23.2 Å². The van der Waals surface area contributed by atoms with Crippen molar-refractivity contribution in [2.45, 2.75) is 45.6 Å². The zero-order valence-corrected chi connectivity index (χ0v) is 17.9. The topological polar surface area (TPSA) is 65.9 Å². The summed E-state index contributed by atoms with van der Waals surface area (Å²) in [6.45, 7) is 6.44. The van der Waals surface area contributed by atoms with Crippen LogP contribution in [-0.2, 0) is 6.42 Å². The summed E-state index contributed by atoms with van der Waals surface area (Å²) in [5.74, 6) is 2.07. The highest BCUT2D eigenvalue weighted by Gasteiger charge is 2.24. The Bertz CT molecular complexity index is 551. The third kappa shape index (κ3) is 7.01. The number of aliphatic imine (C=N–C) groups is 1. The van der Waals surface area contributed by atoms with Crippen LogP contribution in [0.2, 0.25) is 0 Å². The molecule has 1 saturated carbocycles. The van der Waals surface area contributed by atoms with Crippen molar-refractivity contribution in [2.24, 2.45) is 10.9 Å². The standard InChI is InChI=1S/C19H31N3O2.HI/c1-4-20-19(22-13-16-6-5-7-17(16)23)21-11-10-15-9-8-14(2)18(12-15)24-3;/h8-9,12,16-17,23H,4-7,10-11,13H2,1-3H3,(H2,20,21,22);1H. The van der Waals surface area contributed by atoms with Crippen molar-refractivity contribution in [2.75, 3.05) is 26.7 Å². The molecule has 1 fully saturated rings. The molecule has 142 valence electrons. The minimum Gasteiger partial charge on any atom is -0.496 e. The molecule has 2 unspecified atom stereocenters. The highest BCUT2D eigenvalue weighted by atomic mass is 127. The van der Waals surface area contributed by atoms with Gasteiger partial charge in [0.2, 0.25) is 0 Å². The van der Waals surface area contributed by atoms with Gasteiger partial charge < -0.3 is 20.5 Å². The molecule has 0 radical (unpaired) electrons. The molecule has 0 heterocycles. The molecular formula is C19H32IN3O2. The van der Waals surface area contributed by atoms with Crippen molar-refractivity contribution in [3.05, 3.63) is 29.3 Å². The van der Waals surface area contributed by atoms with Gasteiger partial charge in [0.25, 0.3) is 0 Å². The number of nitrogens with one attached hydrogen (secondary N) is 2. The van der Waals surface area contributed by atoms with E-state index in [1.165, 1.54) is 5.56 Å². The molecule has 1 aromatic rings. The number of hydrogen-bond donors (Lipinski definition) is 3. The van der Waals surface area contributed by atoms with Crippen LogP contribution >= 0.6 is 24.0 Å². The summed E-state index contributed by atoms with van der Waals surface area (Å²) in [6, 6.07) is 6.32. The van der Waals surface area contributed by atoms with Crippen LogP contribution in [0.4, 0.5) is 0 Å². The Morgan fingerprint density at radius 2 is 2.12 bits per heavy atom. The minimum atomic E-state index is -0.184. The lowest BCUT2D eigenvalue weighted by molar-refractivity contribution is 0.136. The molecule has 0 spiro atoms. The van der Waals surface area contributed by atoms with Gasteiger partial charge in [-0.2, -0.15) is 0 Å². The fourth-order valence-electron chi connectivity index (χ4n) is 3.13. The van der Waals surface area contributed by atoms with E-state index < -0.39 is 0 Å². The third-order valence-electron chi connectivity index (χ3n) is 4.63. The third-order valence-corrected chi connectivity index (χ3v) is 4.63. The number of ether oxygens (including phenoxy) is 1. The number of rotatable bonds is 7. The number of halogens is 1. The molecule has 3 N–H and O–H groups in total. The summed E-state index contributed by atoms with van der Waals surface area (Å²) in [5.41, 5.74) is 2.39. The molecule has 0 aromatic heterocycles. The van der Waals surface area contributed by atoms with Crippen LogP contribution in [0.1, 0.15) is 37.3 Å². The Morgan fingerprint density at radius 3 is 2.76 bits per heavy atom. The van der Waals surface area contributed by atoms with Gasteiger partial charge in [0.15, 0.2) is 5.96 Å². The van der Waals surface area contributed by atoms with E-state index in [9.17, 15) is 5.11 Å². The Kier molecular flexibility index (Phi) is 10.2. The maximum atomic E-state index is 9.91. The van der Waals surface area contributed by atoms with Gasteiger partial charge in [-0.25, -0.2) is 0 Å². The van der Waals surface area contributed by atoms with E-state index in [4.69, 9.17) is 4.74 Å². The molecule has 2 rings (SSSR count). The second kappa shape index (κ2) is 11.6. The Hall–Kier alpha value is -1.02. The molecule has 0 amide bonds. The van der Waals surface area contributed by atoms with E-state index in [1.54, 1.807) is 7.11 Å². The van der Waals surface area contributed by atoms with Crippen molar-refractivity contribution in [3.8, 4) is 5.75 Å². The number of aliphatic hydroxyl groups is 1. The van der Waals surface area contributed by atoms with E-state index >= 15 is 0 Å². The Morgan fingerprint density at radius 1 is 1.32 bits per heavy atom. The van der Waals surface area contributed by atoms with E-state index in [0.29, 0.717) is 12.5 Å². The largest absolute Gasteiger partial charge is 0.496 e. The minimum absolute atomic E-state index is 0. The van der Waals surface area contributed by atoms with Gasteiger partial charge in [0.05, 0.1) is 13.2 Å².